The molecule has 214 valence electrons. The van der Waals surface area contributed by atoms with Crippen LogP contribution in [0, 0.1) is 5.92 Å². The van der Waals surface area contributed by atoms with Crippen LogP contribution in [-0.4, -0.2) is 81.1 Å². The smallest absolute Gasteiger partial charge is 0.407 e. The van der Waals surface area contributed by atoms with Crippen LogP contribution in [0.3, 0.4) is 0 Å². The molecule has 4 aromatic rings. The van der Waals surface area contributed by atoms with Gasteiger partial charge in [0, 0.05) is 38.5 Å². The maximum Gasteiger partial charge on any atom is 0.407 e. The fourth-order valence-electron chi connectivity index (χ4n) is 5.82. The fourth-order valence-corrected chi connectivity index (χ4v) is 5.82. The summed E-state index contributed by atoms with van der Waals surface area (Å²) < 4.78 is 28.7. The molecule has 0 bridgehead atoms. The molecule has 1 saturated heterocycles. The number of alkyl carbamates (subject to hydrolysis) is 1. The summed E-state index contributed by atoms with van der Waals surface area (Å²) in [6, 6.07) is 9.17. The summed E-state index contributed by atoms with van der Waals surface area (Å²) >= 11 is 0. The van der Waals surface area contributed by atoms with E-state index in [2.05, 4.69) is 22.0 Å². The second-order valence-corrected chi connectivity index (χ2v) is 11.2. The van der Waals surface area contributed by atoms with Gasteiger partial charge in [0.2, 0.25) is 0 Å². The van der Waals surface area contributed by atoms with Crippen LogP contribution < -0.4 is 15.8 Å². The number of alkyl halides is 1. The number of benzene rings is 1. The van der Waals surface area contributed by atoms with Crippen molar-refractivity contribution in [3.63, 3.8) is 0 Å². The lowest BCUT2D eigenvalue weighted by molar-refractivity contribution is 0.0723. The van der Waals surface area contributed by atoms with Crippen molar-refractivity contribution in [2.45, 2.75) is 38.0 Å². The Labute approximate surface area is 235 Å². The summed E-state index contributed by atoms with van der Waals surface area (Å²) in [6.07, 6.45) is 2.16. The van der Waals surface area contributed by atoms with Gasteiger partial charge in [-0.15, -0.1) is 0 Å². The summed E-state index contributed by atoms with van der Waals surface area (Å²) in [7, 11) is 1.94. The summed E-state index contributed by atoms with van der Waals surface area (Å²) in [6.45, 7) is 1.45. The highest BCUT2D eigenvalue weighted by Crippen LogP contribution is 2.39. The van der Waals surface area contributed by atoms with E-state index in [0.29, 0.717) is 42.2 Å². The van der Waals surface area contributed by atoms with E-state index in [1.54, 1.807) is 11.0 Å². The quantitative estimate of drug-likeness (QED) is 0.322. The molecule has 2 aliphatic heterocycles. The normalized spacial score (nSPS) is 19.5. The third-order valence-electron chi connectivity index (χ3n) is 8.14. The van der Waals surface area contributed by atoms with Gasteiger partial charge in [-0.05, 0) is 37.0 Å². The van der Waals surface area contributed by atoms with Crippen molar-refractivity contribution in [1.29, 1.82) is 0 Å². The lowest BCUT2D eigenvalue weighted by Gasteiger charge is -2.29. The second-order valence-electron chi connectivity index (χ2n) is 11.2. The molecule has 1 aliphatic carbocycles. The van der Waals surface area contributed by atoms with Crippen molar-refractivity contribution in [3.8, 4) is 17.3 Å². The standard InChI is InChI=1S/C29H32FN7O4/c1-35-26-22(10-20-21(33-26)7-8-36(28(20)38)14-18(31)11-30)34-27(35)23-9-17-3-2-4-24(25(17)37(23)13-16-5-6-16)40-15-19-12-32-29(39)41-19/h2-4,9-10,16,18-19H,5-8,11-15,31H2,1H3,(H,32,39). The van der Waals surface area contributed by atoms with E-state index in [-0.39, 0.29) is 25.2 Å². The minimum atomic E-state index is -0.703. The molecule has 41 heavy (non-hydrogen) atoms. The SMILES string of the molecule is Cn1c(-c2cc3cccc(OCC4CNC(=O)O4)c3n2CC2CC2)nc2cc3c(nc21)CCN(CC(N)CF)C3=O. The molecule has 1 saturated carbocycles. The summed E-state index contributed by atoms with van der Waals surface area (Å²) in [5.74, 6) is 1.86. The van der Waals surface area contributed by atoms with Gasteiger partial charge in [-0.2, -0.15) is 0 Å². The predicted octanol–water partition coefficient (Wildman–Crippen LogP) is 2.78. The van der Waals surface area contributed by atoms with Crippen molar-refractivity contribution in [2.75, 3.05) is 32.9 Å². The number of hydrogen-bond donors (Lipinski definition) is 2. The average Bonchev–Trinajstić information content (AvgIpc) is 3.45. The van der Waals surface area contributed by atoms with Crippen LogP contribution >= 0.6 is 0 Å². The molecule has 2 atom stereocenters. The number of imidazole rings is 1. The van der Waals surface area contributed by atoms with Crippen LogP contribution in [0.4, 0.5) is 9.18 Å². The molecule has 2 fully saturated rings. The minimum absolute atomic E-state index is 0.172. The number of amides is 2. The van der Waals surface area contributed by atoms with Gasteiger partial charge >= 0.3 is 6.09 Å². The number of nitrogens with one attached hydrogen (secondary N) is 1. The van der Waals surface area contributed by atoms with Crippen molar-refractivity contribution in [1.82, 2.24) is 29.3 Å². The number of aromatic nitrogens is 4. The van der Waals surface area contributed by atoms with Gasteiger partial charge in [0.1, 0.15) is 24.5 Å². The lowest BCUT2D eigenvalue weighted by atomic mass is 10.0. The number of rotatable bonds is 9. The first-order valence-electron chi connectivity index (χ1n) is 14.1. The Morgan fingerprint density at radius 1 is 1.24 bits per heavy atom. The van der Waals surface area contributed by atoms with E-state index in [1.807, 2.05) is 23.7 Å². The molecular weight excluding hydrogens is 529 g/mol. The van der Waals surface area contributed by atoms with Gasteiger partial charge in [0.25, 0.3) is 5.91 Å². The van der Waals surface area contributed by atoms with E-state index >= 15 is 0 Å². The number of ether oxygens (including phenoxy) is 2. The number of cyclic esters (lactones) is 1. The highest BCUT2D eigenvalue weighted by atomic mass is 19.1. The Morgan fingerprint density at radius 3 is 2.85 bits per heavy atom. The molecule has 7 rings (SSSR count). The van der Waals surface area contributed by atoms with E-state index in [0.717, 1.165) is 40.4 Å². The molecule has 12 heteroatoms. The van der Waals surface area contributed by atoms with Gasteiger partial charge in [-0.1, -0.05) is 12.1 Å². The molecule has 11 nitrogen and oxygen atoms in total. The summed E-state index contributed by atoms with van der Waals surface area (Å²) in [4.78, 5) is 36.1. The van der Waals surface area contributed by atoms with Crippen LogP contribution in [0.1, 0.15) is 28.9 Å². The van der Waals surface area contributed by atoms with Gasteiger partial charge in [-0.3, -0.25) is 4.79 Å². The first-order chi connectivity index (χ1) is 19.9. The third kappa shape index (κ3) is 4.65. The Balaban J connectivity index is 1.28. The Hall–Kier alpha value is -4.19. The van der Waals surface area contributed by atoms with Gasteiger partial charge in [-0.25, -0.2) is 19.2 Å². The number of carbonyl (C=O) groups excluding carboxylic acids is 2. The predicted molar refractivity (Wildman–Crippen MR) is 149 cm³/mol. The van der Waals surface area contributed by atoms with Crippen molar-refractivity contribution < 1.29 is 23.5 Å². The summed E-state index contributed by atoms with van der Waals surface area (Å²) in [5, 5.41) is 3.68. The van der Waals surface area contributed by atoms with Crippen LogP contribution in [0.15, 0.2) is 30.3 Å². The topological polar surface area (TPSA) is 130 Å². The van der Waals surface area contributed by atoms with Crippen molar-refractivity contribution >= 4 is 34.1 Å². The van der Waals surface area contributed by atoms with Crippen molar-refractivity contribution in [3.05, 3.63) is 41.6 Å². The first kappa shape index (κ1) is 25.8. The van der Waals surface area contributed by atoms with Crippen LogP contribution in [0.25, 0.3) is 33.6 Å². The lowest BCUT2D eigenvalue weighted by Crippen LogP contribution is -2.45. The Bertz CT molecular complexity index is 1680. The number of para-hydroxylation sites is 1. The van der Waals surface area contributed by atoms with Gasteiger partial charge in [0.15, 0.2) is 17.6 Å². The molecule has 2 unspecified atom stereocenters. The number of pyridine rings is 1. The number of halogens is 1. The van der Waals surface area contributed by atoms with Gasteiger partial charge in [0.05, 0.1) is 35.1 Å². The number of fused-ring (bicyclic) bond motifs is 3. The maximum atomic E-state index is 13.2. The highest BCUT2D eigenvalue weighted by Gasteiger charge is 2.30. The zero-order valence-electron chi connectivity index (χ0n) is 22.8. The molecule has 0 radical (unpaired) electrons. The molecular formula is C29H32FN7O4. The molecule has 3 aliphatic rings. The van der Waals surface area contributed by atoms with Crippen LogP contribution in [0.2, 0.25) is 0 Å². The Morgan fingerprint density at radius 2 is 2.10 bits per heavy atom. The molecule has 3 aromatic heterocycles. The molecule has 0 spiro atoms. The number of aryl methyl sites for hydroxylation is 1. The maximum absolute atomic E-state index is 13.2. The number of carbonyl (C=O) groups is 2. The monoisotopic (exact) mass is 561 g/mol. The first-order valence-corrected chi connectivity index (χ1v) is 14.1. The van der Waals surface area contributed by atoms with E-state index in [9.17, 15) is 14.0 Å². The Kier molecular flexibility index (Phi) is 6.29. The largest absolute Gasteiger partial charge is 0.487 e. The molecule has 2 amide bonds. The van der Waals surface area contributed by atoms with Crippen LogP contribution in [0.5, 0.6) is 5.75 Å². The number of nitrogens with two attached hydrogens (primary N) is 1. The van der Waals surface area contributed by atoms with Crippen LogP contribution in [-0.2, 0) is 24.8 Å². The molecule has 5 heterocycles. The van der Waals surface area contributed by atoms with E-state index < -0.39 is 18.8 Å². The number of nitrogens with zero attached hydrogens (tertiary/aromatic N) is 5. The average molecular weight is 562 g/mol. The van der Waals surface area contributed by atoms with E-state index in [1.165, 1.54) is 12.8 Å². The fraction of sp³-hybridized carbons (Fsp3) is 0.448. The minimum Gasteiger partial charge on any atom is -0.487 e. The summed E-state index contributed by atoms with van der Waals surface area (Å²) in [5.41, 5.74) is 10.2. The van der Waals surface area contributed by atoms with Crippen molar-refractivity contribution in [2.24, 2.45) is 18.7 Å². The third-order valence-corrected chi connectivity index (χ3v) is 8.14. The number of hydrogen-bond acceptors (Lipinski definition) is 7. The highest BCUT2D eigenvalue weighted by molar-refractivity contribution is 5.99. The zero-order chi connectivity index (χ0) is 28.2. The van der Waals surface area contributed by atoms with E-state index in [4.69, 9.17) is 25.2 Å². The molecule has 3 N–H and O–H groups in total. The van der Waals surface area contributed by atoms with Gasteiger partial charge < -0.3 is 34.6 Å². The zero-order valence-corrected chi connectivity index (χ0v) is 22.8. The molecule has 1 aromatic carbocycles. The second kappa shape index (κ2) is 10.0.